The largest absolute Gasteiger partial charge is 0.478 e. The maximum atomic E-state index is 10.8. The Morgan fingerprint density at radius 1 is 0.905 bits per heavy atom. The monoisotopic (exact) mass is 294 g/mol. The van der Waals surface area contributed by atoms with Crippen molar-refractivity contribution in [2.75, 3.05) is 0 Å². The quantitative estimate of drug-likeness (QED) is 0.663. The summed E-state index contributed by atoms with van der Waals surface area (Å²) in [6, 6.07) is 14.9. The molecule has 0 unspecified atom stereocenters. The molecule has 0 aromatic heterocycles. The summed E-state index contributed by atoms with van der Waals surface area (Å²) in [6.07, 6.45) is 0. The standard InChI is InChI=1S/C18H18O2Si/c1-21(2,3)13-12-14-4-6-15(7-5-14)16-8-10-17(11-9-16)18(19)20/h4-11H,1-3H3,(H,19,20). The number of benzene rings is 2. The molecule has 0 fully saturated rings. The van der Waals surface area contributed by atoms with Crippen LogP contribution in [0.3, 0.4) is 0 Å². The number of carboxylic acids is 1. The summed E-state index contributed by atoms with van der Waals surface area (Å²) in [4.78, 5) is 10.8. The second kappa shape index (κ2) is 5.98. The van der Waals surface area contributed by atoms with Crippen LogP contribution in [0.2, 0.25) is 19.6 Å². The van der Waals surface area contributed by atoms with E-state index in [1.54, 1.807) is 12.1 Å². The average Bonchev–Trinajstić information content (AvgIpc) is 2.45. The molecule has 2 rings (SSSR count). The number of carbonyl (C=O) groups is 1. The summed E-state index contributed by atoms with van der Waals surface area (Å²) < 4.78 is 0. The van der Waals surface area contributed by atoms with E-state index in [-0.39, 0.29) is 0 Å². The maximum Gasteiger partial charge on any atom is 0.335 e. The summed E-state index contributed by atoms with van der Waals surface area (Å²) >= 11 is 0. The van der Waals surface area contributed by atoms with Crippen LogP contribution in [-0.4, -0.2) is 19.1 Å². The Morgan fingerprint density at radius 2 is 1.38 bits per heavy atom. The first-order valence-electron chi connectivity index (χ1n) is 6.82. The van der Waals surface area contributed by atoms with Gasteiger partial charge in [-0.1, -0.05) is 49.8 Å². The number of hydrogen-bond donors (Lipinski definition) is 1. The van der Waals surface area contributed by atoms with Crippen molar-refractivity contribution in [3.63, 3.8) is 0 Å². The molecule has 0 aliphatic heterocycles. The normalized spacial score (nSPS) is 10.6. The minimum Gasteiger partial charge on any atom is -0.478 e. The van der Waals surface area contributed by atoms with Gasteiger partial charge in [-0.3, -0.25) is 0 Å². The highest BCUT2D eigenvalue weighted by molar-refractivity contribution is 6.83. The summed E-state index contributed by atoms with van der Waals surface area (Å²) in [5.41, 5.74) is 6.73. The van der Waals surface area contributed by atoms with Crippen LogP contribution in [0.1, 0.15) is 15.9 Å². The maximum absolute atomic E-state index is 10.8. The Hall–Kier alpha value is -2.31. The minimum atomic E-state index is -1.35. The van der Waals surface area contributed by atoms with Crippen molar-refractivity contribution < 1.29 is 9.90 Å². The van der Waals surface area contributed by atoms with Crippen LogP contribution in [0.15, 0.2) is 48.5 Å². The van der Waals surface area contributed by atoms with E-state index in [0.717, 1.165) is 16.7 Å². The Balaban J connectivity index is 2.22. The van der Waals surface area contributed by atoms with Crippen molar-refractivity contribution in [2.45, 2.75) is 19.6 Å². The molecule has 0 radical (unpaired) electrons. The number of rotatable bonds is 2. The third-order valence-corrected chi connectivity index (χ3v) is 3.81. The molecule has 106 valence electrons. The molecule has 2 aromatic rings. The lowest BCUT2D eigenvalue weighted by Crippen LogP contribution is -2.16. The number of hydrogen-bond acceptors (Lipinski definition) is 1. The molecule has 2 aromatic carbocycles. The Labute approximate surface area is 126 Å². The van der Waals surface area contributed by atoms with Gasteiger partial charge in [-0.2, -0.15) is 0 Å². The molecular formula is C18H18O2Si. The van der Waals surface area contributed by atoms with E-state index in [4.69, 9.17) is 5.11 Å². The van der Waals surface area contributed by atoms with Gasteiger partial charge in [-0.05, 0) is 35.4 Å². The van der Waals surface area contributed by atoms with Crippen LogP contribution in [0.25, 0.3) is 11.1 Å². The van der Waals surface area contributed by atoms with Gasteiger partial charge in [-0.15, -0.1) is 5.54 Å². The first kappa shape index (κ1) is 15.1. The van der Waals surface area contributed by atoms with E-state index >= 15 is 0 Å². The molecule has 0 aliphatic rings. The molecule has 2 nitrogen and oxygen atoms in total. The van der Waals surface area contributed by atoms with Crippen molar-refractivity contribution in [1.29, 1.82) is 0 Å². The predicted octanol–water partition coefficient (Wildman–Crippen LogP) is 4.28. The van der Waals surface area contributed by atoms with Gasteiger partial charge < -0.3 is 5.11 Å². The van der Waals surface area contributed by atoms with Gasteiger partial charge in [0.2, 0.25) is 0 Å². The van der Waals surface area contributed by atoms with Gasteiger partial charge in [0.25, 0.3) is 0 Å². The van der Waals surface area contributed by atoms with E-state index in [0.29, 0.717) is 5.56 Å². The van der Waals surface area contributed by atoms with Crippen LogP contribution in [-0.2, 0) is 0 Å². The second-order valence-electron chi connectivity index (χ2n) is 5.96. The number of aromatic carboxylic acids is 1. The SMILES string of the molecule is C[Si](C)(C)C#Cc1ccc(-c2ccc(C(=O)O)cc2)cc1. The van der Waals surface area contributed by atoms with E-state index in [1.165, 1.54) is 0 Å². The van der Waals surface area contributed by atoms with E-state index in [9.17, 15) is 4.79 Å². The molecule has 3 heteroatoms. The molecule has 0 amide bonds. The third-order valence-electron chi connectivity index (χ3n) is 2.93. The molecule has 0 saturated heterocycles. The molecule has 0 heterocycles. The van der Waals surface area contributed by atoms with Gasteiger partial charge in [0.05, 0.1) is 5.56 Å². The Morgan fingerprint density at radius 3 is 1.81 bits per heavy atom. The zero-order valence-electron chi connectivity index (χ0n) is 12.5. The fraction of sp³-hybridized carbons (Fsp3) is 0.167. The molecule has 1 N–H and O–H groups in total. The highest BCUT2D eigenvalue weighted by atomic mass is 28.3. The van der Waals surface area contributed by atoms with E-state index in [2.05, 4.69) is 31.1 Å². The fourth-order valence-corrected chi connectivity index (χ4v) is 2.33. The van der Waals surface area contributed by atoms with Gasteiger partial charge >= 0.3 is 5.97 Å². The lowest BCUT2D eigenvalue weighted by molar-refractivity contribution is 0.0697. The van der Waals surface area contributed by atoms with E-state index < -0.39 is 14.0 Å². The fourth-order valence-electron chi connectivity index (χ4n) is 1.81. The van der Waals surface area contributed by atoms with Gasteiger partial charge in [0.1, 0.15) is 8.07 Å². The average molecular weight is 294 g/mol. The van der Waals surface area contributed by atoms with Crippen molar-refractivity contribution in [3.05, 3.63) is 59.7 Å². The smallest absolute Gasteiger partial charge is 0.335 e. The lowest BCUT2D eigenvalue weighted by atomic mass is 10.0. The first-order valence-corrected chi connectivity index (χ1v) is 10.3. The van der Waals surface area contributed by atoms with Crippen LogP contribution >= 0.6 is 0 Å². The van der Waals surface area contributed by atoms with Crippen LogP contribution in [0.5, 0.6) is 0 Å². The topological polar surface area (TPSA) is 37.3 Å². The molecule has 0 spiro atoms. The van der Waals surface area contributed by atoms with Crippen molar-refractivity contribution >= 4 is 14.0 Å². The van der Waals surface area contributed by atoms with Crippen molar-refractivity contribution in [2.24, 2.45) is 0 Å². The summed E-state index contributed by atoms with van der Waals surface area (Å²) in [5, 5.41) is 8.90. The van der Waals surface area contributed by atoms with Crippen LogP contribution < -0.4 is 0 Å². The summed E-state index contributed by atoms with van der Waals surface area (Å²) in [5.74, 6) is 2.32. The highest BCUT2D eigenvalue weighted by Crippen LogP contribution is 2.20. The molecule has 0 atom stereocenters. The van der Waals surface area contributed by atoms with Crippen molar-refractivity contribution in [3.8, 4) is 22.6 Å². The minimum absolute atomic E-state index is 0.302. The van der Waals surface area contributed by atoms with Crippen LogP contribution in [0, 0.1) is 11.5 Å². The van der Waals surface area contributed by atoms with E-state index in [1.807, 2.05) is 36.4 Å². The predicted molar refractivity (Wildman–Crippen MR) is 89.1 cm³/mol. The molecule has 0 saturated carbocycles. The number of carboxylic acid groups (broad SMARTS) is 1. The van der Waals surface area contributed by atoms with Gasteiger partial charge in [0, 0.05) is 5.56 Å². The zero-order valence-corrected chi connectivity index (χ0v) is 13.5. The lowest BCUT2D eigenvalue weighted by Gasteiger charge is -2.04. The molecule has 21 heavy (non-hydrogen) atoms. The second-order valence-corrected chi connectivity index (χ2v) is 10.7. The van der Waals surface area contributed by atoms with Crippen molar-refractivity contribution in [1.82, 2.24) is 0 Å². The van der Waals surface area contributed by atoms with Gasteiger partial charge in [0.15, 0.2) is 0 Å². The van der Waals surface area contributed by atoms with Crippen LogP contribution in [0.4, 0.5) is 0 Å². The van der Waals surface area contributed by atoms with Gasteiger partial charge in [-0.25, -0.2) is 4.79 Å². The molecule has 0 bridgehead atoms. The third kappa shape index (κ3) is 4.33. The Bertz CT molecular complexity index is 696. The molecule has 0 aliphatic carbocycles. The highest BCUT2D eigenvalue weighted by Gasteiger charge is 2.07. The summed E-state index contributed by atoms with van der Waals surface area (Å²) in [6.45, 7) is 6.66. The summed E-state index contributed by atoms with van der Waals surface area (Å²) in [7, 11) is -1.35. The Kier molecular flexibility index (Phi) is 4.30. The zero-order chi connectivity index (χ0) is 15.5. The first-order chi connectivity index (χ1) is 9.85. The molecular weight excluding hydrogens is 276 g/mol.